The summed E-state index contributed by atoms with van der Waals surface area (Å²) in [6.45, 7) is 3.80. The standard InChI is InChI=1S/C19H15F3N2O/c1-3-13-12-15(24-11-10-18(23-24)19(20,21)22)6-9-17(13)14-4-7-16(25-2)8-5-14/h3-12H,1H2,2H3. The Kier molecular flexibility index (Phi) is 4.35. The third kappa shape index (κ3) is 3.42. The van der Waals surface area contributed by atoms with Crippen LogP contribution >= 0.6 is 0 Å². The average Bonchev–Trinajstić information content (AvgIpc) is 3.12. The fourth-order valence-corrected chi connectivity index (χ4v) is 2.51. The number of methoxy groups -OCH3 is 1. The molecule has 0 unspecified atom stereocenters. The number of alkyl halides is 3. The first-order chi connectivity index (χ1) is 11.9. The zero-order valence-corrected chi connectivity index (χ0v) is 13.4. The quantitative estimate of drug-likeness (QED) is 0.650. The van der Waals surface area contributed by atoms with Gasteiger partial charge >= 0.3 is 6.18 Å². The maximum Gasteiger partial charge on any atom is 0.435 e. The number of halogens is 3. The van der Waals surface area contributed by atoms with Gasteiger partial charge < -0.3 is 4.74 Å². The lowest BCUT2D eigenvalue weighted by atomic mass is 9.99. The molecule has 0 amide bonds. The minimum atomic E-state index is -4.46. The molecule has 0 aliphatic heterocycles. The molecule has 0 saturated heterocycles. The van der Waals surface area contributed by atoms with Crippen molar-refractivity contribution in [2.45, 2.75) is 6.18 Å². The fraction of sp³-hybridized carbons (Fsp3) is 0.105. The number of rotatable bonds is 4. The van der Waals surface area contributed by atoms with Gasteiger partial charge in [0.2, 0.25) is 0 Å². The minimum absolute atomic E-state index is 0.530. The number of nitrogens with zero attached hydrogens (tertiary/aromatic N) is 2. The van der Waals surface area contributed by atoms with E-state index in [1.54, 1.807) is 25.3 Å². The Balaban J connectivity index is 1.99. The maximum absolute atomic E-state index is 12.7. The van der Waals surface area contributed by atoms with Crippen LogP contribution in [0.2, 0.25) is 0 Å². The van der Waals surface area contributed by atoms with Gasteiger partial charge in [0.15, 0.2) is 5.69 Å². The summed E-state index contributed by atoms with van der Waals surface area (Å²) in [6.07, 6.45) is -1.51. The highest BCUT2D eigenvalue weighted by molar-refractivity contribution is 5.76. The largest absolute Gasteiger partial charge is 0.497 e. The van der Waals surface area contributed by atoms with E-state index in [4.69, 9.17) is 4.74 Å². The Hall–Kier alpha value is -3.02. The Morgan fingerprint density at radius 2 is 1.80 bits per heavy atom. The Bertz CT molecular complexity index is 896. The number of aromatic nitrogens is 2. The first kappa shape index (κ1) is 16.8. The molecule has 0 aliphatic rings. The monoisotopic (exact) mass is 344 g/mol. The molecular weight excluding hydrogens is 329 g/mol. The van der Waals surface area contributed by atoms with E-state index < -0.39 is 11.9 Å². The molecule has 1 aromatic heterocycles. The molecule has 3 aromatic rings. The molecule has 0 atom stereocenters. The summed E-state index contributed by atoms with van der Waals surface area (Å²) in [5.74, 6) is 0.747. The van der Waals surface area contributed by atoms with Crippen LogP contribution in [0.25, 0.3) is 22.9 Å². The fourth-order valence-electron chi connectivity index (χ4n) is 2.51. The first-order valence-electron chi connectivity index (χ1n) is 7.46. The molecule has 25 heavy (non-hydrogen) atoms. The second kappa shape index (κ2) is 6.47. The zero-order valence-electron chi connectivity index (χ0n) is 13.4. The van der Waals surface area contributed by atoms with Crippen LogP contribution in [-0.2, 0) is 6.18 Å². The van der Waals surface area contributed by atoms with Crippen LogP contribution in [0.15, 0.2) is 61.3 Å². The summed E-state index contributed by atoms with van der Waals surface area (Å²) < 4.78 is 44.5. The minimum Gasteiger partial charge on any atom is -0.497 e. The van der Waals surface area contributed by atoms with Gasteiger partial charge in [0.25, 0.3) is 0 Å². The second-order valence-corrected chi connectivity index (χ2v) is 5.35. The van der Waals surface area contributed by atoms with E-state index >= 15 is 0 Å². The molecule has 0 N–H and O–H groups in total. The van der Waals surface area contributed by atoms with Crippen molar-refractivity contribution in [2.24, 2.45) is 0 Å². The number of ether oxygens (including phenoxy) is 1. The summed E-state index contributed by atoms with van der Waals surface area (Å²) in [7, 11) is 1.60. The van der Waals surface area contributed by atoms with Crippen LogP contribution in [0.1, 0.15) is 11.3 Å². The van der Waals surface area contributed by atoms with Gasteiger partial charge in [-0.3, -0.25) is 0 Å². The van der Waals surface area contributed by atoms with Gasteiger partial charge in [-0.15, -0.1) is 0 Å². The molecule has 0 saturated carbocycles. The molecule has 0 radical (unpaired) electrons. The maximum atomic E-state index is 12.7. The molecule has 0 aliphatic carbocycles. The third-order valence-electron chi connectivity index (χ3n) is 3.80. The van der Waals surface area contributed by atoms with E-state index in [-0.39, 0.29) is 0 Å². The topological polar surface area (TPSA) is 27.1 Å². The molecule has 0 spiro atoms. The molecule has 1 heterocycles. The van der Waals surface area contributed by atoms with E-state index in [0.29, 0.717) is 5.69 Å². The van der Waals surface area contributed by atoms with Gasteiger partial charge in [0, 0.05) is 6.20 Å². The van der Waals surface area contributed by atoms with Crippen molar-refractivity contribution in [3.05, 3.63) is 72.6 Å². The molecule has 3 rings (SSSR count). The highest BCUT2D eigenvalue weighted by Gasteiger charge is 2.33. The van der Waals surface area contributed by atoms with Crippen molar-refractivity contribution in [1.29, 1.82) is 0 Å². The zero-order chi connectivity index (χ0) is 18.0. The molecular formula is C19H15F3N2O. The van der Waals surface area contributed by atoms with Crippen LogP contribution < -0.4 is 4.74 Å². The lowest BCUT2D eigenvalue weighted by molar-refractivity contribution is -0.141. The molecule has 3 nitrogen and oxygen atoms in total. The van der Waals surface area contributed by atoms with E-state index in [9.17, 15) is 13.2 Å². The van der Waals surface area contributed by atoms with Gasteiger partial charge in [-0.1, -0.05) is 30.9 Å². The van der Waals surface area contributed by atoms with Crippen molar-refractivity contribution >= 4 is 6.08 Å². The highest BCUT2D eigenvalue weighted by Crippen LogP contribution is 2.30. The average molecular weight is 344 g/mol. The predicted octanol–water partition coefficient (Wildman–Crippen LogP) is 5.21. The van der Waals surface area contributed by atoms with Gasteiger partial charge in [-0.05, 0) is 47.0 Å². The molecule has 128 valence electrons. The predicted molar refractivity (Wildman–Crippen MR) is 90.6 cm³/mol. The second-order valence-electron chi connectivity index (χ2n) is 5.35. The molecule has 6 heteroatoms. The summed E-state index contributed by atoms with van der Waals surface area (Å²) in [4.78, 5) is 0. The SMILES string of the molecule is C=Cc1cc(-n2ccc(C(F)(F)F)n2)ccc1-c1ccc(OC)cc1. The highest BCUT2D eigenvalue weighted by atomic mass is 19.4. The van der Waals surface area contributed by atoms with Crippen LogP contribution in [0.5, 0.6) is 5.75 Å². The van der Waals surface area contributed by atoms with Crippen molar-refractivity contribution in [3.63, 3.8) is 0 Å². The van der Waals surface area contributed by atoms with Crippen molar-refractivity contribution < 1.29 is 17.9 Å². The van der Waals surface area contributed by atoms with Crippen molar-refractivity contribution in [1.82, 2.24) is 9.78 Å². The summed E-state index contributed by atoms with van der Waals surface area (Å²) in [5.41, 5.74) is 2.28. The molecule has 2 aromatic carbocycles. The lowest BCUT2D eigenvalue weighted by Crippen LogP contribution is -2.07. The Morgan fingerprint density at radius 3 is 2.36 bits per heavy atom. The number of hydrogen-bond donors (Lipinski definition) is 0. The van der Waals surface area contributed by atoms with Crippen LogP contribution in [0.3, 0.4) is 0 Å². The van der Waals surface area contributed by atoms with Crippen LogP contribution in [0.4, 0.5) is 13.2 Å². The van der Waals surface area contributed by atoms with Gasteiger partial charge in [-0.25, -0.2) is 4.68 Å². The van der Waals surface area contributed by atoms with Gasteiger partial charge in [0.05, 0.1) is 12.8 Å². The van der Waals surface area contributed by atoms with E-state index in [1.807, 2.05) is 30.3 Å². The summed E-state index contributed by atoms with van der Waals surface area (Å²) in [5, 5.41) is 3.59. The first-order valence-corrected chi connectivity index (χ1v) is 7.46. The van der Waals surface area contributed by atoms with Crippen LogP contribution in [0, 0.1) is 0 Å². The van der Waals surface area contributed by atoms with Crippen LogP contribution in [-0.4, -0.2) is 16.9 Å². The third-order valence-corrected chi connectivity index (χ3v) is 3.80. The van der Waals surface area contributed by atoms with Gasteiger partial charge in [-0.2, -0.15) is 18.3 Å². The number of benzene rings is 2. The van der Waals surface area contributed by atoms with Crippen molar-refractivity contribution in [3.8, 4) is 22.6 Å². The molecule has 0 fully saturated rings. The van der Waals surface area contributed by atoms with Crippen molar-refractivity contribution in [2.75, 3.05) is 7.11 Å². The smallest absolute Gasteiger partial charge is 0.435 e. The normalized spacial score (nSPS) is 11.4. The van der Waals surface area contributed by atoms with E-state index in [0.717, 1.165) is 28.5 Å². The lowest BCUT2D eigenvalue weighted by Gasteiger charge is -2.10. The summed E-state index contributed by atoms with van der Waals surface area (Å²) in [6, 6.07) is 13.8. The summed E-state index contributed by atoms with van der Waals surface area (Å²) >= 11 is 0. The molecule has 0 bridgehead atoms. The van der Waals surface area contributed by atoms with E-state index in [2.05, 4.69) is 11.7 Å². The van der Waals surface area contributed by atoms with E-state index in [1.165, 1.54) is 10.9 Å². The van der Waals surface area contributed by atoms with Gasteiger partial charge in [0.1, 0.15) is 5.75 Å². The Morgan fingerprint density at radius 1 is 1.08 bits per heavy atom. The number of hydrogen-bond acceptors (Lipinski definition) is 2. The Labute approximate surface area is 143 Å².